The number of aromatic nitrogens is 3. The number of halogens is 1. The molecule has 0 radical (unpaired) electrons. The third-order valence-corrected chi connectivity index (χ3v) is 4.85. The minimum absolute atomic E-state index is 0.0917. The highest BCUT2D eigenvalue weighted by molar-refractivity contribution is 9.10. The van der Waals surface area contributed by atoms with Gasteiger partial charge in [-0.25, -0.2) is 9.67 Å². The van der Waals surface area contributed by atoms with Crippen LogP contribution in [0.4, 0.5) is 5.69 Å². The Morgan fingerprint density at radius 2 is 2.29 bits per heavy atom. The monoisotopic (exact) mass is 370 g/mol. The SMILES string of the molecule is CCCCn1ncc(NC(CC)c2nccs2)c(Br)c1=O. The molecule has 0 aliphatic heterocycles. The summed E-state index contributed by atoms with van der Waals surface area (Å²) in [4.78, 5) is 16.6. The minimum atomic E-state index is -0.0950. The van der Waals surface area contributed by atoms with E-state index < -0.39 is 0 Å². The van der Waals surface area contributed by atoms with E-state index in [0.717, 1.165) is 30.0 Å². The first kappa shape index (κ1) is 16.2. The van der Waals surface area contributed by atoms with Gasteiger partial charge in [0, 0.05) is 18.1 Å². The molecule has 0 bridgehead atoms. The van der Waals surface area contributed by atoms with E-state index in [4.69, 9.17) is 0 Å². The summed E-state index contributed by atoms with van der Waals surface area (Å²) in [5, 5.41) is 10.6. The van der Waals surface area contributed by atoms with E-state index in [2.05, 4.69) is 45.2 Å². The zero-order chi connectivity index (χ0) is 15.2. The van der Waals surface area contributed by atoms with Crippen LogP contribution in [0, 0.1) is 0 Å². The van der Waals surface area contributed by atoms with Crippen LogP contribution in [0.25, 0.3) is 0 Å². The molecule has 114 valence electrons. The number of aryl methyl sites for hydroxylation is 1. The van der Waals surface area contributed by atoms with Crippen LogP contribution in [0.2, 0.25) is 0 Å². The first-order chi connectivity index (χ1) is 10.2. The molecule has 1 N–H and O–H groups in total. The van der Waals surface area contributed by atoms with E-state index in [9.17, 15) is 4.79 Å². The summed E-state index contributed by atoms with van der Waals surface area (Å²) < 4.78 is 2.03. The van der Waals surface area contributed by atoms with Gasteiger partial charge in [0.2, 0.25) is 0 Å². The number of anilines is 1. The largest absolute Gasteiger partial charge is 0.373 e. The van der Waals surface area contributed by atoms with Crippen LogP contribution in [-0.4, -0.2) is 14.8 Å². The van der Waals surface area contributed by atoms with Crippen LogP contribution in [0.3, 0.4) is 0 Å². The molecule has 0 spiro atoms. The molecule has 2 heterocycles. The highest BCUT2D eigenvalue weighted by Crippen LogP contribution is 2.26. The molecule has 0 amide bonds. The third-order valence-electron chi connectivity index (χ3n) is 3.20. The van der Waals surface area contributed by atoms with Crippen LogP contribution < -0.4 is 10.9 Å². The number of nitrogens with one attached hydrogen (secondary N) is 1. The average Bonchev–Trinajstić information content (AvgIpc) is 3.02. The lowest BCUT2D eigenvalue weighted by Gasteiger charge is -2.17. The van der Waals surface area contributed by atoms with Gasteiger partial charge in [0.15, 0.2) is 0 Å². The number of unbranched alkanes of at least 4 members (excludes halogenated alkanes) is 1. The van der Waals surface area contributed by atoms with Gasteiger partial charge >= 0.3 is 0 Å². The molecule has 0 aliphatic carbocycles. The van der Waals surface area contributed by atoms with Crippen LogP contribution in [0.15, 0.2) is 27.0 Å². The fourth-order valence-corrected chi connectivity index (χ4v) is 3.16. The van der Waals surface area contributed by atoms with Gasteiger partial charge in [-0.05, 0) is 28.8 Å². The highest BCUT2D eigenvalue weighted by Gasteiger charge is 2.15. The van der Waals surface area contributed by atoms with Gasteiger partial charge < -0.3 is 5.32 Å². The first-order valence-electron chi connectivity index (χ1n) is 7.08. The summed E-state index contributed by atoms with van der Waals surface area (Å²) >= 11 is 5.00. The van der Waals surface area contributed by atoms with Gasteiger partial charge in [-0.2, -0.15) is 5.10 Å². The number of nitrogens with zero attached hydrogens (tertiary/aromatic N) is 3. The van der Waals surface area contributed by atoms with E-state index >= 15 is 0 Å². The second-order valence-corrected chi connectivity index (χ2v) is 6.45. The summed E-state index contributed by atoms with van der Waals surface area (Å²) in [7, 11) is 0. The molecule has 0 saturated heterocycles. The third kappa shape index (κ3) is 3.91. The van der Waals surface area contributed by atoms with Crippen LogP contribution in [0.1, 0.15) is 44.2 Å². The lowest BCUT2D eigenvalue weighted by molar-refractivity contribution is 0.540. The van der Waals surface area contributed by atoms with Crippen molar-refractivity contribution >= 4 is 33.0 Å². The zero-order valence-electron chi connectivity index (χ0n) is 12.2. The molecule has 2 aromatic heterocycles. The van der Waals surface area contributed by atoms with Crippen molar-refractivity contribution in [2.45, 2.75) is 45.7 Å². The summed E-state index contributed by atoms with van der Waals surface area (Å²) in [5.41, 5.74) is 0.622. The molecule has 0 saturated carbocycles. The van der Waals surface area contributed by atoms with Crippen molar-refractivity contribution in [3.05, 3.63) is 37.6 Å². The Bertz CT molecular complexity index is 626. The molecule has 2 aromatic rings. The number of rotatable bonds is 7. The Morgan fingerprint density at radius 3 is 2.90 bits per heavy atom. The molecular formula is C14H19BrN4OS. The summed E-state index contributed by atoms with van der Waals surface area (Å²) in [6.07, 6.45) is 6.37. The average molecular weight is 371 g/mol. The Kier molecular flexibility index (Phi) is 5.93. The summed E-state index contributed by atoms with van der Waals surface area (Å²) in [6.45, 7) is 4.83. The van der Waals surface area contributed by atoms with Gasteiger partial charge in [0.25, 0.3) is 5.56 Å². The van der Waals surface area contributed by atoms with Crippen LogP contribution >= 0.6 is 27.3 Å². The normalized spacial score (nSPS) is 12.3. The molecule has 2 rings (SSSR count). The Labute approximate surface area is 136 Å². The minimum Gasteiger partial charge on any atom is -0.373 e. The fraction of sp³-hybridized carbons (Fsp3) is 0.500. The first-order valence-corrected chi connectivity index (χ1v) is 8.76. The quantitative estimate of drug-likeness (QED) is 0.804. The van der Waals surface area contributed by atoms with Gasteiger partial charge in [-0.3, -0.25) is 4.79 Å². The maximum atomic E-state index is 12.3. The molecule has 1 unspecified atom stereocenters. The van der Waals surface area contributed by atoms with Crippen LogP contribution in [0.5, 0.6) is 0 Å². The van der Waals surface area contributed by atoms with Crippen molar-refractivity contribution in [1.82, 2.24) is 14.8 Å². The molecule has 5 nitrogen and oxygen atoms in total. The topological polar surface area (TPSA) is 59.8 Å². The maximum absolute atomic E-state index is 12.3. The molecular weight excluding hydrogens is 352 g/mol. The van der Waals surface area contributed by atoms with E-state index in [0.29, 0.717) is 11.0 Å². The zero-order valence-corrected chi connectivity index (χ0v) is 14.6. The maximum Gasteiger partial charge on any atom is 0.283 e. The molecule has 0 aliphatic rings. The van der Waals surface area contributed by atoms with E-state index in [1.54, 1.807) is 23.7 Å². The van der Waals surface area contributed by atoms with Crippen molar-refractivity contribution in [2.75, 3.05) is 5.32 Å². The molecule has 1 atom stereocenters. The Hall–Kier alpha value is -1.21. The standard InChI is InChI=1S/C14H19BrN4OS/c1-3-5-7-19-14(20)12(15)11(9-17-19)18-10(4-2)13-16-6-8-21-13/h6,8-10,18H,3-5,7H2,1-2H3. The second-order valence-electron chi connectivity index (χ2n) is 4.73. The van der Waals surface area contributed by atoms with E-state index in [1.807, 2.05) is 5.38 Å². The van der Waals surface area contributed by atoms with Crippen molar-refractivity contribution < 1.29 is 0 Å². The predicted molar refractivity (Wildman–Crippen MR) is 89.9 cm³/mol. The van der Waals surface area contributed by atoms with Gasteiger partial charge in [0.1, 0.15) is 9.48 Å². The van der Waals surface area contributed by atoms with E-state index in [1.165, 1.54) is 4.68 Å². The van der Waals surface area contributed by atoms with Gasteiger partial charge in [0.05, 0.1) is 17.9 Å². The fourth-order valence-electron chi connectivity index (χ4n) is 1.97. The number of thiazole rings is 1. The summed E-state index contributed by atoms with van der Waals surface area (Å²) in [5.74, 6) is 0. The molecule has 0 fully saturated rings. The van der Waals surface area contributed by atoms with Crippen LogP contribution in [-0.2, 0) is 6.54 Å². The van der Waals surface area contributed by atoms with Gasteiger partial charge in [-0.1, -0.05) is 20.3 Å². The summed E-state index contributed by atoms with van der Waals surface area (Å²) in [6, 6.07) is 0.0917. The number of hydrogen-bond acceptors (Lipinski definition) is 5. The van der Waals surface area contributed by atoms with E-state index in [-0.39, 0.29) is 11.6 Å². The second kappa shape index (κ2) is 7.70. The smallest absolute Gasteiger partial charge is 0.283 e. The van der Waals surface area contributed by atoms with Gasteiger partial charge in [-0.15, -0.1) is 11.3 Å². The molecule has 21 heavy (non-hydrogen) atoms. The van der Waals surface area contributed by atoms with Crippen molar-refractivity contribution in [3.8, 4) is 0 Å². The molecule has 7 heteroatoms. The molecule has 0 aromatic carbocycles. The van der Waals surface area contributed by atoms with Crippen molar-refractivity contribution in [2.24, 2.45) is 0 Å². The van der Waals surface area contributed by atoms with Crippen molar-refractivity contribution in [3.63, 3.8) is 0 Å². The lowest BCUT2D eigenvalue weighted by Crippen LogP contribution is -2.25. The Morgan fingerprint density at radius 1 is 1.48 bits per heavy atom. The lowest BCUT2D eigenvalue weighted by atomic mass is 10.2. The Balaban J connectivity index is 2.20. The highest BCUT2D eigenvalue weighted by atomic mass is 79.9. The predicted octanol–water partition coefficient (Wildman–Crippen LogP) is 3.83. The van der Waals surface area contributed by atoms with Crippen molar-refractivity contribution in [1.29, 1.82) is 0 Å². The number of hydrogen-bond donors (Lipinski definition) is 1.